The molecule has 8 nitrogen and oxygen atoms in total. The van der Waals surface area contributed by atoms with E-state index in [9.17, 15) is 14.4 Å². The van der Waals surface area contributed by atoms with Crippen molar-refractivity contribution >= 4 is 27.8 Å². The minimum atomic E-state index is -0.682. The summed E-state index contributed by atoms with van der Waals surface area (Å²) in [5.74, 6) is -0.102. The van der Waals surface area contributed by atoms with Crippen LogP contribution in [0.25, 0.3) is 33.0 Å². The zero-order chi connectivity index (χ0) is 26.6. The van der Waals surface area contributed by atoms with Gasteiger partial charge in [-0.05, 0) is 35.2 Å². The molecule has 8 heteroatoms. The number of rotatable bonds is 4. The summed E-state index contributed by atoms with van der Waals surface area (Å²) in [6.07, 6.45) is 1.31. The molecule has 0 fully saturated rings. The minimum Gasteiger partial charge on any atom is -0.497 e. The van der Waals surface area contributed by atoms with Gasteiger partial charge in [0.25, 0.3) is 5.56 Å². The van der Waals surface area contributed by atoms with Gasteiger partial charge in [0.05, 0.1) is 31.7 Å². The Labute approximate surface area is 216 Å². The van der Waals surface area contributed by atoms with Crippen LogP contribution in [0.1, 0.15) is 23.5 Å². The SMILES string of the molecule is COc1ccc(-c2coc3c4c(cc(OC)c3c2=O)OC(=O)C[C@H]4c2cc3ccccc3n(C)c2=O)cc1. The van der Waals surface area contributed by atoms with Gasteiger partial charge in [0.2, 0.25) is 5.43 Å². The summed E-state index contributed by atoms with van der Waals surface area (Å²) in [6.45, 7) is 0. The zero-order valence-corrected chi connectivity index (χ0v) is 20.9. The highest BCUT2D eigenvalue weighted by atomic mass is 16.5. The first kappa shape index (κ1) is 23.5. The molecule has 0 saturated heterocycles. The van der Waals surface area contributed by atoms with Crippen molar-refractivity contribution < 1.29 is 23.4 Å². The number of pyridine rings is 1. The van der Waals surface area contributed by atoms with Crippen LogP contribution in [-0.2, 0) is 11.8 Å². The molecule has 0 bridgehead atoms. The van der Waals surface area contributed by atoms with Gasteiger partial charge in [0, 0.05) is 30.2 Å². The fourth-order valence-electron chi connectivity index (χ4n) is 5.21. The molecule has 3 heterocycles. The van der Waals surface area contributed by atoms with Crippen LogP contribution in [0.3, 0.4) is 0 Å². The number of methoxy groups -OCH3 is 2. The van der Waals surface area contributed by atoms with E-state index >= 15 is 0 Å². The number of nitrogens with zero attached hydrogens (tertiary/aromatic N) is 1. The summed E-state index contributed by atoms with van der Waals surface area (Å²) in [7, 11) is 4.70. The van der Waals surface area contributed by atoms with Crippen LogP contribution in [0.4, 0.5) is 0 Å². The molecule has 0 unspecified atom stereocenters. The summed E-state index contributed by atoms with van der Waals surface area (Å²) in [6, 6.07) is 17.9. The van der Waals surface area contributed by atoms with E-state index in [1.807, 2.05) is 24.3 Å². The van der Waals surface area contributed by atoms with Gasteiger partial charge in [-0.1, -0.05) is 30.3 Å². The molecule has 0 radical (unpaired) electrons. The Morgan fingerprint density at radius 1 is 0.947 bits per heavy atom. The number of hydrogen-bond acceptors (Lipinski definition) is 7. The molecular weight excluding hydrogens is 486 g/mol. The smallest absolute Gasteiger partial charge is 0.312 e. The number of para-hydroxylation sites is 1. The average Bonchev–Trinajstić information content (AvgIpc) is 2.94. The fourth-order valence-corrected chi connectivity index (χ4v) is 5.21. The van der Waals surface area contributed by atoms with E-state index in [4.69, 9.17) is 18.6 Å². The highest BCUT2D eigenvalue weighted by molar-refractivity contribution is 5.94. The maximum Gasteiger partial charge on any atom is 0.312 e. The van der Waals surface area contributed by atoms with E-state index in [2.05, 4.69) is 0 Å². The number of esters is 1. The second kappa shape index (κ2) is 8.92. The summed E-state index contributed by atoms with van der Waals surface area (Å²) in [4.78, 5) is 40.0. The fraction of sp³-hybridized carbons (Fsp3) is 0.167. The predicted octanol–water partition coefficient (Wildman–Crippen LogP) is 4.77. The first-order valence-corrected chi connectivity index (χ1v) is 12.0. The predicted molar refractivity (Wildman–Crippen MR) is 142 cm³/mol. The van der Waals surface area contributed by atoms with Crippen LogP contribution in [0.15, 0.2) is 80.9 Å². The highest BCUT2D eigenvalue weighted by Crippen LogP contribution is 2.45. The number of ether oxygens (including phenoxy) is 3. The first-order chi connectivity index (χ1) is 18.4. The van der Waals surface area contributed by atoms with Crippen LogP contribution in [0.5, 0.6) is 17.2 Å². The lowest BCUT2D eigenvalue weighted by Crippen LogP contribution is -2.29. The van der Waals surface area contributed by atoms with Crippen molar-refractivity contribution in [1.29, 1.82) is 0 Å². The largest absolute Gasteiger partial charge is 0.497 e. The molecule has 0 spiro atoms. The maximum absolute atomic E-state index is 13.8. The van der Waals surface area contributed by atoms with E-state index in [0.717, 1.165) is 10.9 Å². The normalized spacial score (nSPS) is 14.8. The van der Waals surface area contributed by atoms with Crippen LogP contribution in [-0.4, -0.2) is 24.8 Å². The van der Waals surface area contributed by atoms with Crippen LogP contribution in [0, 0.1) is 0 Å². The van der Waals surface area contributed by atoms with Crippen LogP contribution >= 0.6 is 0 Å². The van der Waals surface area contributed by atoms with E-state index in [0.29, 0.717) is 28.0 Å². The summed E-state index contributed by atoms with van der Waals surface area (Å²) in [5.41, 5.74) is 2.30. The molecular formula is C30H23NO7. The van der Waals surface area contributed by atoms with Gasteiger partial charge < -0.3 is 23.2 Å². The van der Waals surface area contributed by atoms with Crippen LogP contribution in [0.2, 0.25) is 0 Å². The van der Waals surface area contributed by atoms with Crippen molar-refractivity contribution in [2.24, 2.45) is 7.05 Å². The number of aryl methyl sites for hydroxylation is 1. The average molecular weight is 510 g/mol. The molecule has 0 saturated carbocycles. The number of carbonyl (C=O) groups is 1. The van der Waals surface area contributed by atoms with Gasteiger partial charge in [0.1, 0.15) is 34.5 Å². The van der Waals surface area contributed by atoms with Crippen molar-refractivity contribution in [3.05, 3.63) is 98.6 Å². The van der Waals surface area contributed by atoms with Gasteiger partial charge in [-0.25, -0.2) is 0 Å². The number of carbonyl (C=O) groups excluding carboxylic acids is 1. The molecule has 38 heavy (non-hydrogen) atoms. The number of fused-ring (bicyclic) bond motifs is 4. The second-order valence-corrected chi connectivity index (χ2v) is 9.16. The minimum absolute atomic E-state index is 0.0774. The lowest BCUT2D eigenvalue weighted by molar-refractivity contribution is -0.135. The van der Waals surface area contributed by atoms with Crippen LogP contribution < -0.4 is 25.2 Å². The Kier molecular flexibility index (Phi) is 5.52. The Hall–Kier alpha value is -4.85. The summed E-state index contributed by atoms with van der Waals surface area (Å²) < 4.78 is 24.0. The van der Waals surface area contributed by atoms with Crippen molar-refractivity contribution in [3.8, 4) is 28.4 Å². The van der Waals surface area contributed by atoms with Crippen molar-refractivity contribution in [3.63, 3.8) is 0 Å². The monoisotopic (exact) mass is 509 g/mol. The molecule has 1 atom stereocenters. The third-order valence-electron chi connectivity index (χ3n) is 7.11. The first-order valence-electron chi connectivity index (χ1n) is 12.0. The molecule has 0 aliphatic carbocycles. The van der Waals surface area contributed by atoms with Gasteiger partial charge in [-0.3, -0.25) is 14.4 Å². The number of hydrogen-bond donors (Lipinski definition) is 0. The van der Waals surface area contributed by atoms with Crippen molar-refractivity contribution in [2.45, 2.75) is 12.3 Å². The van der Waals surface area contributed by atoms with E-state index in [1.165, 1.54) is 19.4 Å². The van der Waals surface area contributed by atoms with Gasteiger partial charge in [0.15, 0.2) is 0 Å². The molecule has 5 aromatic rings. The molecule has 190 valence electrons. The number of benzene rings is 3. The lowest BCUT2D eigenvalue weighted by atomic mass is 9.85. The second-order valence-electron chi connectivity index (χ2n) is 9.16. The summed E-state index contributed by atoms with van der Waals surface area (Å²) in [5, 5.41) is 1.06. The molecule has 2 aromatic heterocycles. The number of aromatic nitrogens is 1. The van der Waals surface area contributed by atoms with Crippen molar-refractivity contribution in [1.82, 2.24) is 4.57 Å². The molecule has 0 amide bonds. The van der Waals surface area contributed by atoms with E-state index in [1.54, 1.807) is 49.1 Å². The Balaban J connectivity index is 1.63. The van der Waals surface area contributed by atoms with E-state index < -0.39 is 11.9 Å². The third-order valence-corrected chi connectivity index (χ3v) is 7.11. The topological polar surface area (TPSA) is 97.0 Å². The molecule has 3 aromatic carbocycles. The van der Waals surface area contributed by atoms with Gasteiger partial charge in [-0.2, -0.15) is 0 Å². The molecule has 1 aliphatic rings. The Bertz CT molecular complexity index is 1870. The highest BCUT2D eigenvalue weighted by Gasteiger charge is 2.35. The maximum atomic E-state index is 13.8. The standard InChI is InChI=1S/C30H23NO7/c1-31-22-7-5-4-6-17(22)12-20(30(31)34)19-13-25(32)38-24-14-23(36-3)27-28(33)21(15-37-29(27)26(19)24)16-8-10-18(35-2)11-9-16/h4-12,14-15,19H,13H2,1-3H3/t19-/m0/s1. The lowest BCUT2D eigenvalue weighted by Gasteiger charge is -2.26. The van der Waals surface area contributed by atoms with Gasteiger partial charge >= 0.3 is 5.97 Å². The third kappa shape index (κ3) is 3.56. The molecule has 6 rings (SSSR count). The Morgan fingerprint density at radius 3 is 2.45 bits per heavy atom. The molecule has 1 aliphatic heterocycles. The van der Waals surface area contributed by atoms with Crippen molar-refractivity contribution in [2.75, 3.05) is 14.2 Å². The quantitative estimate of drug-likeness (QED) is 0.254. The zero-order valence-electron chi connectivity index (χ0n) is 20.9. The summed E-state index contributed by atoms with van der Waals surface area (Å²) >= 11 is 0. The Morgan fingerprint density at radius 2 is 1.71 bits per heavy atom. The van der Waals surface area contributed by atoms with E-state index in [-0.39, 0.29) is 39.9 Å². The molecule has 0 N–H and O–H groups in total. The van der Waals surface area contributed by atoms with Gasteiger partial charge in [-0.15, -0.1) is 0 Å².